The minimum Gasteiger partial charge on any atom is -0.382 e. The standard InChI is InChI=1S/C15H23N3O/c1-2-18-9-7-14(8-10-18)17-13-5-3-12(4-6-13)11-15(16)19/h3-6,14,17H,2,7-11H2,1H3,(H2,16,19). The van der Waals surface area contributed by atoms with Gasteiger partial charge in [-0.1, -0.05) is 19.1 Å². The molecule has 0 bridgehead atoms. The van der Waals surface area contributed by atoms with E-state index < -0.39 is 0 Å². The van der Waals surface area contributed by atoms with E-state index in [1.54, 1.807) is 0 Å². The Morgan fingerprint density at radius 2 is 1.95 bits per heavy atom. The van der Waals surface area contributed by atoms with E-state index >= 15 is 0 Å². The van der Waals surface area contributed by atoms with Crippen molar-refractivity contribution in [2.75, 3.05) is 25.0 Å². The molecule has 104 valence electrons. The summed E-state index contributed by atoms with van der Waals surface area (Å²) in [5.74, 6) is -0.285. The van der Waals surface area contributed by atoms with Gasteiger partial charge in [0.1, 0.15) is 0 Å². The second kappa shape index (κ2) is 6.57. The number of likely N-dealkylation sites (tertiary alicyclic amines) is 1. The largest absolute Gasteiger partial charge is 0.382 e. The van der Waals surface area contributed by atoms with Crippen LogP contribution in [-0.2, 0) is 11.2 Å². The molecule has 1 amide bonds. The quantitative estimate of drug-likeness (QED) is 0.846. The third-order valence-electron chi connectivity index (χ3n) is 3.74. The number of primary amides is 1. The Morgan fingerprint density at radius 3 is 2.47 bits per heavy atom. The van der Waals surface area contributed by atoms with E-state index in [1.165, 1.54) is 25.9 Å². The third-order valence-corrected chi connectivity index (χ3v) is 3.74. The van der Waals surface area contributed by atoms with Crippen molar-refractivity contribution in [1.82, 2.24) is 4.90 Å². The average molecular weight is 261 g/mol. The predicted octanol–water partition coefficient (Wildman–Crippen LogP) is 1.61. The van der Waals surface area contributed by atoms with Gasteiger partial charge in [0.2, 0.25) is 5.91 Å². The lowest BCUT2D eigenvalue weighted by atomic mass is 10.0. The normalized spacial score (nSPS) is 17.3. The molecule has 1 saturated heterocycles. The van der Waals surface area contributed by atoms with E-state index in [4.69, 9.17) is 5.73 Å². The number of piperidine rings is 1. The van der Waals surface area contributed by atoms with Crippen molar-refractivity contribution in [3.05, 3.63) is 29.8 Å². The molecule has 0 aliphatic carbocycles. The Morgan fingerprint density at radius 1 is 1.32 bits per heavy atom. The number of nitrogens with zero attached hydrogens (tertiary/aromatic N) is 1. The van der Waals surface area contributed by atoms with E-state index in [0.717, 1.165) is 17.8 Å². The van der Waals surface area contributed by atoms with Crippen LogP contribution in [-0.4, -0.2) is 36.5 Å². The molecule has 0 unspecified atom stereocenters. The first kappa shape index (κ1) is 13.9. The van der Waals surface area contributed by atoms with Crippen LogP contribution >= 0.6 is 0 Å². The summed E-state index contributed by atoms with van der Waals surface area (Å²) < 4.78 is 0. The lowest BCUT2D eigenvalue weighted by Crippen LogP contribution is -2.38. The molecule has 1 aliphatic heterocycles. The predicted molar refractivity (Wildman–Crippen MR) is 78.1 cm³/mol. The van der Waals surface area contributed by atoms with Crippen molar-refractivity contribution < 1.29 is 4.79 Å². The number of benzene rings is 1. The summed E-state index contributed by atoms with van der Waals surface area (Å²) in [6.07, 6.45) is 2.70. The first-order valence-electron chi connectivity index (χ1n) is 7.03. The van der Waals surface area contributed by atoms with Crippen LogP contribution in [0, 0.1) is 0 Å². The van der Waals surface area contributed by atoms with E-state index in [0.29, 0.717) is 12.5 Å². The number of carbonyl (C=O) groups is 1. The molecule has 1 aromatic rings. The molecule has 0 atom stereocenters. The van der Waals surface area contributed by atoms with Gasteiger partial charge in [0.15, 0.2) is 0 Å². The van der Waals surface area contributed by atoms with Gasteiger partial charge in [0.05, 0.1) is 6.42 Å². The molecule has 0 aromatic heterocycles. The molecular weight excluding hydrogens is 238 g/mol. The molecule has 19 heavy (non-hydrogen) atoms. The number of anilines is 1. The second-order valence-corrected chi connectivity index (χ2v) is 5.19. The van der Waals surface area contributed by atoms with Crippen molar-refractivity contribution in [3.8, 4) is 0 Å². The zero-order valence-electron chi connectivity index (χ0n) is 11.6. The minimum atomic E-state index is -0.285. The van der Waals surface area contributed by atoms with Crippen LogP contribution in [0.1, 0.15) is 25.3 Å². The lowest BCUT2D eigenvalue weighted by molar-refractivity contribution is -0.117. The minimum absolute atomic E-state index is 0.285. The Labute approximate surface area is 115 Å². The molecule has 2 rings (SSSR count). The van der Waals surface area contributed by atoms with Crippen LogP contribution in [0.15, 0.2) is 24.3 Å². The van der Waals surface area contributed by atoms with Gasteiger partial charge >= 0.3 is 0 Å². The Kier molecular flexibility index (Phi) is 4.80. The Hall–Kier alpha value is -1.55. The fourth-order valence-corrected chi connectivity index (χ4v) is 2.55. The number of hydrogen-bond donors (Lipinski definition) is 2. The highest BCUT2D eigenvalue weighted by molar-refractivity contribution is 5.76. The zero-order chi connectivity index (χ0) is 13.7. The van der Waals surface area contributed by atoms with Crippen LogP contribution in [0.5, 0.6) is 0 Å². The molecule has 1 heterocycles. The summed E-state index contributed by atoms with van der Waals surface area (Å²) in [4.78, 5) is 13.3. The molecule has 3 N–H and O–H groups in total. The summed E-state index contributed by atoms with van der Waals surface area (Å²) in [5, 5.41) is 3.56. The Balaban J connectivity index is 1.84. The highest BCUT2D eigenvalue weighted by atomic mass is 16.1. The number of hydrogen-bond acceptors (Lipinski definition) is 3. The van der Waals surface area contributed by atoms with E-state index in [2.05, 4.69) is 17.1 Å². The number of nitrogens with two attached hydrogens (primary N) is 1. The van der Waals surface area contributed by atoms with Gasteiger partial charge in [0, 0.05) is 24.8 Å². The summed E-state index contributed by atoms with van der Waals surface area (Å²) in [7, 11) is 0. The fourth-order valence-electron chi connectivity index (χ4n) is 2.55. The SMILES string of the molecule is CCN1CCC(Nc2ccc(CC(N)=O)cc2)CC1. The van der Waals surface area contributed by atoms with E-state index in [-0.39, 0.29) is 5.91 Å². The van der Waals surface area contributed by atoms with Crippen molar-refractivity contribution in [2.45, 2.75) is 32.2 Å². The third kappa shape index (κ3) is 4.24. The van der Waals surface area contributed by atoms with Crippen LogP contribution < -0.4 is 11.1 Å². The summed E-state index contributed by atoms with van der Waals surface area (Å²) in [6.45, 7) is 5.71. The zero-order valence-corrected chi connectivity index (χ0v) is 11.6. The maximum Gasteiger partial charge on any atom is 0.221 e. The molecule has 1 aliphatic rings. The highest BCUT2D eigenvalue weighted by Crippen LogP contribution is 2.17. The number of rotatable bonds is 5. The molecule has 0 radical (unpaired) electrons. The first-order valence-corrected chi connectivity index (χ1v) is 7.03. The molecule has 0 spiro atoms. The van der Waals surface area contributed by atoms with E-state index in [9.17, 15) is 4.79 Å². The maximum atomic E-state index is 10.8. The summed E-state index contributed by atoms with van der Waals surface area (Å²) in [5.41, 5.74) is 7.28. The maximum absolute atomic E-state index is 10.8. The van der Waals surface area contributed by atoms with Gasteiger partial charge in [-0.25, -0.2) is 0 Å². The molecular formula is C15H23N3O. The molecule has 1 fully saturated rings. The molecule has 0 saturated carbocycles. The van der Waals surface area contributed by atoms with Crippen LogP contribution in [0.2, 0.25) is 0 Å². The monoisotopic (exact) mass is 261 g/mol. The van der Waals surface area contributed by atoms with Crippen molar-refractivity contribution in [1.29, 1.82) is 0 Å². The van der Waals surface area contributed by atoms with Gasteiger partial charge in [-0.05, 0) is 37.1 Å². The second-order valence-electron chi connectivity index (χ2n) is 5.19. The van der Waals surface area contributed by atoms with Crippen molar-refractivity contribution >= 4 is 11.6 Å². The number of carbonyl (C=O) groups excluding carboxylic acids is 1. The number of amides is 1. The summed E-state index contributed by atoms with van der Waals surface area (Å²) in [6, 6.07) is 8.56. The molecule has 4 heteroatoms. The van der Waals surface area contributed by atoms with Gasteiger partial charge in [-0.3, -0.25) is 4.79 Å². The van der Waals surface area contributed by atoms with E-state index in [1.807, 2.05) is 24.3 Å². The van der Waals surface area contributed by atoms with Crippen molar-refractivity contribution in [2.24, 2.45) is 5.73 Å². The van der Waals surface area contributed by atoms with Gasteiger partial charge in [-0.2, -0.15) is 0 Å². The first-order chi connectivity index (χ1) is 9.17. The molecule has 1 aromatic carbocycles. The number of nitrogens with one attached hydrogen (secondary N) is 1. The lowest BCUT2D eigenvalue weighted by Gasteiger charge is -2.32. The average Bonchev–Trinajstić information content (AvgIpc) is 2.41. The summed E-state index contributed by atoms with van der Waals surface area (Å²) >= 11 is 0. The van der Waals surface area contributed by atoms with Gasteiger partial charge < -0.3 is 16.0 Å². The molecule has 4 nitrogen and oxygen atoms in total. The van der Waals surface area contributed by atoms with Gasteiger partial charge in [-0.15, -0.1) is 0 Å². The Bertz CT molecular complexity index is 408. The smallest absolute Gasteiger partial charge is 0.221 e. The van der Waals surface area contributed by atoms with Crippen LogP contribution in [0.4, 0.5) is 5.69 Å². The fraction of sp³-hybridized carbons (Fsp3) is 0.533. The van der Waals surface area contributed by atoms with Gasteiger partial charge in [0.25, 0.3) is 0 Å². The highest BCUT2D eigenvalue weighted by Gasteiger charge is 2.17. The van der Waals surface area contributed by atoms with Crippen molar-refractivity contribution in [3.63, 3.8) is 0 Å². The van der Waals surface area contributed by atoms with Crippen LogP contribution in [0.3, 0.4) is 0 Å². The topological polar surface area (TPSA) is 58.4 Å². The van der Waals surface area contributed by atoms with Crippen LogP contribution in [0.25, 0.3) is 0 Å².